The van der Waals surface area contributed by atoms with Crippen LogP contribution >= 0.6 is 0 Å². The molecule has 2 aliphatic heterocycles. The summed E-state index contributed by atoms with van der Waals surface area (Å²) in [6.45, 7) is 12.7. The van der Waals surface area contributed by atoms with E-state index in [-0.39, 0.29) is 0 Å². The van der Waals surface area contributed by atoms with Gasteiger partial charge in [0.15, 0.2) is 0 Å². The van der Waals surface area contributed by atoms with E-state index in [2.05, 4.69) is 31.0 Å². The maximum absolute atomic E-state index is 3.55. The Hall–Kier alpha value is -0.0800. The third kappa shape index (κ3) is 2.39. The molecule has 3 fully saturated rings. The van der Waals surface area contributed by atoms with Crippen molar-refractivity contribution >= 4 is 0 Å². The van der Waals surface area contributed by atoms with Crippen molar-refractivity contribution in [2.24, 2.45) is 23.2 Å². The Balaban J connectivity index is 1.65. The Labute approximate surface area is 106 Å². The van der Waals surface area contributed by atoms with E-state index in [4.69, 9.17) is 0 Å². The van der Waals surface area contributed by atoms with E-state index in [0.717, 1.165) is 23.8 Å². The van der Waals surface area contributed by atoms with Crippen molar-refractivity contribution in [3.05, 3.63) is 0 Å². The highest BCUT2D eigenvalue weighted by Crippen LogP contribution is 2.42. The second-order valence-electron chi connectivity index (χ2n) is 7.70. The average molecular weight is 236 g/mol. The number of likely N-dealkylation sites (tertiary alicyclic amines) is 1. The van der Waals surface area contributed by atoms with Crippen LogP contribution in [0.2, 0.25) is 0 Å². The van der Waals surface area contributed by atoms with Crippen LogP contribution in [-0.2, 0) is 0 Å². The number of nitrogens with one attached hydrogen (secondary N) is 1. The summed E-state index contributed by atoms with van der Waals surface area (Å²) in [4.78, 5) is 2.83. The van der Waals surface area contributed by atoms with Gasteiger partial charge in [0.25, 0.3) is 0 Å². The molecule has 2 unspecified atom stereocenters. The summed E-state index contributed by atoms with van der Waals surface area (Å²) in [5, 5.41) is 3.55. The zero-order valence-corrected chi connectivity index (χ0v) is 11.7. The second-order valence-corrected chi connectivity index (χ2v) is 7.70. The molecule has 0 aromatic carbocycles. The lowest BCUT2D eigenvalue weighted by atomic mass is 9.70. The molecule has 0 aromatic heterocycles. The van der Waals surface area contributed by atoms with Crippen molar-refractivity contribution in [2.75, 3.05) is 26.2 Å². The molecule has 17 heavy (non-hydrogen) atoms. The van der Waals surface area contributed by atoms with Crippen LogP contribution in [0, 0.1) is 23.2 Å². The molecule has 2 saturated heterocycles. The van der Waals surface area contributed by atoms with E-state index in [0.29, 0.717) is 5.41 Å². The van der Waals surface area contributed by atoms with Crippen molar-refractivity contribution in [3.8, 4) is 0 Å². The first-order valence-corrected chi connectivity index (χ1v) is 7.48. The number of hydrogen-bond donors (Lipinski definition) is 1. The molecule has 4 atom stereocenters. The van der Waals surface area contributed by atoms with Gasteiger partial charge >= 0.3 is 0 Å². The van der Waals surface area contributed by atoms with Crippen molar-refractivity contribution in [2.45, 2.75) is 46.1 Å². The van der Waals surface area contributed by atoms with Crippen LogP contribution in [0.4, 0.5) is 0 Å². The van der Waals surface area contributed by atoms with E-state index < -0.39 is 0 Å². The molecular formula is C15H28N2. The molecule has 3 rings (SSSR count). The normalized spacial score (nSPS) is 46.1. The van der Waals surface area contributed by atoms with E-state index >= 15 is 0 Å². The fourth-order valence-corrected chi connectivity index (χ4v) is 4.76. The number of nitrogens with zero attached hydrogens (tertiary/aromatic N) is 1. The Kier molecular flexibility index (Phi) is 2.99. The van der Waals surface area contributed by atoms with Crippen molar-refractivity contribution in [1.82, 2.24) is 10.2 Å². The van der Waals surface area contributed by atoms with Crippen LogP contribution in [0.3, 0.4) is 0 Å². The molecule has 0 aromatic rings. The molecule has 0 bridgehead atoms. The molecular weight excluding hydrogens is 208 g/mol. The van der Waals surface area contributed by atoms with Gasteiger partial charge in [0.2, 0.25) is 0 Å². The first-order chi connectivity index (χ1) is 8.03. The van der Waals surface area contributed by atoms with Gasteiger partial charge in [0, 0.05) is 19.1 Å². The molecule has 2 heterocycles. The minimum absolute atomic E-state index is 0.568. The molecule has 3 aliphatic rings. The Morgan fingerprint density at radius 1 is 1.06 bits per heavy atom. The molecule has 1 saturated carbocycles. The van der Waals surface area contributed by atoms with Gasteiger partial charge in [-0.1, -0.05) is 20.8 Å². The SMILES string of the molecule is CC1CC(N2C[C@H]3CNC[C@H]3C2)CC(C)(C)C1. The van der Waals surface area contributed by atoms with Crippen LogP contribution in [0.15, 0.2) is 0 Å². The minimum Gasteiger partial charge on any atom is -0.316 e. The van der Waals surface area contributed by atoms with Gasteiger partial charge in [-0.05, 0) is 55.5 Å². The number of hydrogen-bond acceptors (Lipinski definition) is 2. The highest BCUT2D eigenvalue weighted by Gasteiger charge is 2.42. The first kappa shape index (κ1) is 12.0. The zero-order chi connectivity index (χ0) is 12.0. The lowest BCUT2D eigenvalue weighted by Crippen LogP contribution is -2.43. The Bertz CT molecular complexity index is 275. The summed E-state index contributed by atoms with van der Waals surface area (Å²) in [6, 6.07) is 0.874. The molecule has 0 radical (unpaired) electrons. The largest absolute Gasteiger partial charge is 0.316 e. The monoisotopic (exact) mass is 236 g/mol. The van der Waals surface area contributed by atoms with Crippen molar-refractivity contribution < 1.29 is 0 Å². The predicted molar refractivity (Wildman–Crippen MR) is 72.0 cm³/mol. The standard InChI is InChI=1S/C15H28N2/c1-11-4-14(6-15(2,3)5-11)17-9-12-7-16-8-13(12)10-17/h11-14,16H,4-10H2,1-3H3/t11?,12-,13+,14?. The summed E-state index contributed by atoms with van der Waals surface area (Å²) in [5.74, 6) is 2.83. The zero-order valence-electron chi connectivity index (χ0n) is 11.7. The van der Waals surface area contributed by atoms with Crippen LogP contribution in [-0.4, -0.2) is 37.1 Å². The molecule has 1 aliphatic carbocycles. The van der Waals surface area contributed by atoms with Gasteiger partial charge in [0.1, 0.15) is 0 Å². The smallest absolute Gasteiger partial charge is 0.0103 e. The predicted octanol–water partition coefficient (Wildman–Crippen LogP) is 2.35. The summed E-state index contributed by atoms with van der Waals surface area (Å²) in [5.41, 5.74) is 0.568. The van der Waals surface area contributed by atoms with E-state index in [1.54, 1.807) is 0 Å². The van der Waals surface area contributed by atoms with E-state index in [1.165, 1.54) is 45.4 Å². The number of fused-ring (bicyclic) bond motifs is 1. The molecule has 2 heteroatoms. The van der Waals surface area contributed by atoms with E-state index in [1.807, 2.05) is 0 Å². The van der Waals surface area contributed by atoms with Gasteiger partial charge in [0.05, 0.1) is 0 Å². The lowest BCUT2D eigenvalue weighted by Gasteiger charge is -2.43. The fraction of sp³-hybridized carbons (Fsp3) is 1.00. The molecule has 98 valence electrons. The average Bonchev–Trinajstić information content (AvgIpc) is 2.71. The van der Waals surface area contributed by atoms with Gasteiger partial charge in [-0.3, -0.25) is 4.90 Å². The minimum atomic E-state index is 0.568. The van der Waals surface area contributed by atoms with Gasteiger partial charge in [-0.2, -0.15) is 0 Å². The van der Waals surface area contributed by atoms with Crippen LogP contribution in [0.5, 0.6) is 0 Å². The van der Waals surface area contributed by atoms with Crippen LogP contribution < -0.4 is 5.32 Å². The van der Waals surface area contributed by atoms with Crippen LogP contribution in [0.1, 0.15) is 40.0 Å². The quantitative estimate of drug-likeness (QED) is 0.752. The molecule has 2 nitrogen and oxygen atoms in total. The third-order valence-corrected chi connectivity index (χ3v) is 5.30. The maximum atomic E-state index is 3.55. The van der Waals surface area contributed by atoms with Crippen LogP contribution in [0.25, 0.3) is 0 Å². The second kappa shape index (κ2) is 4.24. The number of rotatable bonds is 1. The summed E-state index contributed by atoms with van der Waals surface area (Å²) < 4.78 is 0. The maximum Gasteiger partial charge on any atom is 0.0103 e. The fourth-order valence-electron chi connectivity index (χ4n) is 4.76. The summed E-state index contributed by atoms with van der Waals surface area (Å²) in [6.07, 6.45) is 4.28. The highest BCUT2D eigenvalue weighted by atomic mass is 15.2. The molecule has 0 spiro atoms. The van der Waals surface area contributed by atoms with Gasteiger partial charge in [-0.25, -0.2) is 0 Å². The lowest BCUT2D eigenvalue weighted by molar-refractivity contribution is 0.0773. The van der Waals surface area contributed by atoms with E-state index in [9.17, 15) is 0 Å². The highest BCUT2D eigenvalue weighted by molar-refractivity contribution is 4.96. The Morgan fingerprint density at radius 3 is 2.29 bits per heavy atom. The molecule has 0 amide bonds. The third-order valence-electron chi connectivity index (χ3n) is 5.30. The van der Waals surface area contributed by atoms with Crippen molar-refractivity contribution in [1.29, 1.82) is 0 Å². The Morgan fingerprint density at radius 2 is 1.71 bits per heavy atom. The topological polar surface area (TPSA) is 15.3 Å². The molecule has 1 N–H and O–H groups in total. The van der Waals surface area contributed by atoms with Crippen molar-refractivity contribution in [3.63, 3.8) is 0 Å². The summed E-state index contributed by atoms with van der Waals surface area (Å²) >= 11 is 0. The van der Waals surface area contributed by atoms with Gasteiger partial charge < -0.3 is 5.32 Å². The van der Waals surface area contributed by atoms with Gasteiger partial charge in [-0.15, -0.1) is 0 Å². The first-order valence-electron chi connectivity index (χ1n) is 7.48. The summed E-state index contributed by atoms with van der Waals surface area (Å²) in [7, 11) is 0.